The maximum absolute atomic E-state index is 11.9. The second kappa shape index (κ2) is 7.56. The lowest BCUT2D eigenvalue weighted by Gasteiger charge is -2.10. The third-order valence-corrected chi connectivity index (χ3v) is 3.02. The first-order chi connectivity index (χ1) is 10.6. The minimum absolute atomic E-state index is 0.172. The summed E-state index contributed by atoms with van der Waals surface area (Å²) in [5.41, 5.74) is 0. The number of carbonyl (C=O) groups excluding carboxylic acids is 2. The lowest BCUT2D eigenvalue weighted by Crippen LogP contribution is -2.18. The Bertz CT molecular complexity index is 661. The van der Waals surface area contributed by atoms with Crippen molar-refractivity contribution < 1.29 is 19.2 Å². The Balaban J connectivity index is 1.88. The Morgan fingerprint density at radius 1 is 0.955 bits per heavy atom. The van der Waals surface area contributed by atoms with Crippen LogP contribution in [0.4, 0.5) is 0 Å². The number of rotatable bonds is 6. The maximum Gasteiger partial charge on any atom is 0.325 e. The Kier molecular flexibility index (Phi) is 5.49. The van der Waals surface area contributed by atoms with E-state index in [9.17, 15) is 9.59 Å². The molecule has 0 aliphatic heterocycles. The van der Waals surface area contributed by atoms with Gasteiger partial charge in [-0.3, -0.25) is 9.59 Å². The largest absolute Gasteiger partial charge is 0.426 e. The van der Waals surface area contributed by atoms with Crippen molar-refractivity contribution >= 4 is 22.7 Å². The van der Waals surface area contributed by atoms with E-state index in [0.29, 0.717) is 12.2 Å². The topological polar surface area (TPSA) is 55.8 Å². The summed E-state index contributed by atoms with van der Waals surface area (Å²) in [5.74, 6) is -0.170. The normalized spacial score (nSPS) is 10.7. The van der Waals surface area contributed by atoms with E-state index in [1.165, 1.54) is 5.06 Å². The molecule has 5 nitrogen and oxygen atoms in total. The van der Waals surface area contributed by atoms with Gasteiger partial charge in [0.15, 0.2) is 0 Å². The highest BCUT2D eigenvalue weighted by Crippen LogP contribution is 2.25. The molecule has 0 saturated carbocycles. The second-order valence-electron chi connectivity index (χ2n) is 5.08. The van der Waals surface area contributed by atoms with Gasteiger partial charge in [-0.25, -0.2) is 0 Å². The van der Waals surface area contributed by atoms with E-state index in [0.717, 1.165) is 10.8 Å². The van der Waals surface area contributed by atoms with Crippen LogP contribution in [-0.4, -0.2) is 31.1 Å². The number of benzene rings is 2. The van der Waals surface area contributed by atoms with E-state index in [1.807, 2.05) is 36.4 Å². The van der Waals surface area contributed by atoms with Crippen molar-refractivity contribution in [1.82, 2.24) is 5.06 Å². The molecule has 0 atom stereocenters. The molecule has 2 aromatic rings. The van der Waals surface area contributed by atoms with E-state index in [2.05, 4.69) is 0 Å². The first-order valence-electron chi connectivity index (χ1n) is 7.13. The van der Waals surface area contributed by atoms with E-state index in [1.54, 1.807) is 20.2 Å². The Morgan fingerprint density at radius 2 is 1.64 bits per heavy atom. The number of hydrogen-bond acceptors (Lipinski definition) is 5. The smallest absolute Gasteiger partial charge is 0.325 e. The molecule has 22 heavy (non-hydrogen) atoms. The van der Waals surface area contributed by atoms with Crippen LogP contribution in [0.1, 0.15) is 19.3 Å². The molecule has 0 radical (unpaired) electrons. The molecule has 5 heteroatoms. The van der Waals surface area contributed by atoms with Crippen LogP contribution in [0.25, 0.3) is 10.8 Å². The van der Waals surface area contributed by atoms with Crippen molar-refractivity contribution in [3.8, 4) is 5.75 Å². The van der Waals surface area contributed by atoms with Crippen LogP contribution in [0.3, 0.4) is 0 Å². The predicted molar refractivity (Wildman–Crippen MR) is 83.2 cm³/mol. The fraction of sp³-hybridized carbons (Fsp3) is 0.294. The number of esters is 1. The van der Waals surface area contributed by atoms with Crippen molar-refractivity contribution in [2.75, 3.05) is 14.1 Å². The third kappa shape index (κ3) is 4.56. The molecule has 0 bridgehead atoms. The summed E-state index contributed by atoms with van der Waals surface area (Å²) in [7, 11) is 3.26. The second-order valence-corrected chi connectivity index (χ2v) is 5.08. The SMILES string of the molecule is CN(C)OC(=O)CCCC(=O)Oc1cccc2ccccc12. The van der Waals surface area contributed by atoms with Gasteiger partial charge < -0.3 is 9.57 Å². The van der Waals surface area contributed by atoms with Crippen molar-refractivity contribution in [2.45, 2.75) is 19.3 Å². The number of hydrogen-bond donors (Lipinski definition) is 0. The minimum Gasteiger partial charge on any atom is -0.426 e. The summed E-state index contributed by atoms with van der Waals surface area (Å²) >= 11 is 0. The van der Waals surface area contributed by atoms with E-state index in [-0.39, 0.29) is 24.8 Å². The summed E-state index contributed by atoms with van der Waals surface area (Å²) < 4.78 is 5.39. The molecule has 0 aromatic heterocycles. The number of carbonyl (C=O) groups is 2. The van der Waals surface area contributed by atoms with Gasteiger partial charge in [0.2, 0.25) is 0 Å². The Labute approximate surface area is 129 Å². The Morgan fingerprint density at radius 3 is 2.41 bits per heavy atom. The number of fused-ring (bicyclic) bond motifs is 1. The van der Waals surface area contributed by atoms with Crippen LogP contribution in [0.5, 0.6) is 5.75 Å². The first kappa shape index (κ1) is 16.0. The average Bonchev–Trinajstić information content (AvgIpc) is 2.47. The van der Waals surface area contributed by atoms with Crippen molar-refractivity contribution in [1.29, 1.82) is 0 Å². The molecule has 116 valence electrons. The zero-order chi connectivity index (χ0) is 15.9. The highest BCUT2D eigenvalue weighted by Gasteiger charge is 2.10. The van der Waals surface area contributed by atoms with Crippen LogP contribution in [-0.2, 0) is 14.4 Å². The Hall–Kier alpha value is -2.40. The van der Waals surface area contributed by atoms with E-state index in [4.69, 9.17) is 9.57 Å². The number of nitrogens with zero attached hydrogens (tertiary/aromatic N) is 1. The zero-order valence-electron chi connectivity index (χ0n) is 12.7. The van der Waals surface area contributed by atoms with Crippen molar-refractivity contribution in [3.63, 3.8) is 0 Å². The third-order valence-electron chi connectivity index (χ3n) is 3.02. The molecule has 0 aliphatic rings. The quantitative estimate of drug-likeness (QED) is 0.466. The molecule has 2 rings (SSSR count). The standard InChI is InChI=1S/C17H19NO4/c1-18(2)22-17(20)12-6-11-16(19)21-15-10-5-8-13-7-3-4-9-14(13)15/h3-5,7-10H,6,11-12H2,1-2H3. The molecule has 0 heterocycles. The summed E-state index contributed by atoms with van der Waals surface area (Å²) in [6, 6.07) is 13.3. The van der Waals surface area contributed by atoms with Gasteiger partial charge in [-0.1, -0.05) is 36.4 Å². The van der Waals surface area contributed by atoms with Gasteiger partial charge in [-0.2, -0.15) is 0 Å². The highest BCUT2D eigenvalue weighted by molar-refractivity contribution is 5.90. The van der Waals surface area contributed by atoms with Crippen molar-refractivity contribution in [3.05, 3.63) is 42.5 Å². The molecule has 0 spiro atoms. The first-order valence-corrected chi connectivity index (χ1v) is 7.13. The summed E-state index contributed by atoms with van der Waals surface area (Å²) in [6.07, 6.45) is 0.755. The van der Waals surface area contributed by atoms with Gasteiger partial charge in [0.05, 0.1) is 0 Å². The summed E-state index contributed by atoms with van der Waals surface area (Å²) in [4.78, 5) is 28.1. The van der Waals surface area contributed by atoms with Gasteiger partial charge in [0.1, 0.15) is 5.75 Å². The zero-order valence-corrected chi connectivity index (χ0v) is 12.7. The number of hydroxylamine groups is 2. The van der Waals surface area contributed by atoms with Crippen LogP contribution in [0.2, 0.25) is 0 Å². The highest BCUT2D eigenvalue weighted by atomic mass is 16.7. The predicted octanol–water partition coefficient (Wildman–Crippen LogP) is 2.94. The molecule has 0 aliphatic carbocycles. The van der Waals surface area contributed by atoms with E-state index < -0.39 is 0 Å². The molecule has 2 aromatic carbocycles. The fourth-order valence-corrected chi connectivity index (χ4v) is 2.08. The fourth-order valence-electron chi connectivity index (χ4n) is 2.08. The van der Waals surface area contributed by atoms with Crippen LogP contribution in [0.15, 0.2) is 42.5 Å². The minimum atomic E-state index is -0.358. The molecule has 0 saturated heterocycles. The van der Waals surface area contributed by atoms with Gasteiger partial charge >= 0.3 is 11.9 Å². The average molecular weight is 301 g/mol. The van der Waals surface area contributed by atoms with Crippen molar-refractivity contribution in [2.24, 2.45) is 0 Å². The van der Waals surface area contributed by atoms with Gasteiger partial charge in [-0.15, -0.1) is 5.06 Å². The monoisotopic (exact) mass is 301 g/mol. The van der Waals surface area contributed by atoms with Gasteiger partial charge in [0.25, 0.3) is 0 Å². The summed E-state index contributed by atoms with van der Waals surface area (Å²) in [5, 5.41) is 3.24. The number of ether oxygens (including phenoxy) is 1. The van der Waals surface area contributed by atoms with Gasteiger partial charge in [0, 0.05) is 32.3 Å². The maximum atomic E-state index is 11.9. The molecule has 0 amide bonds. The molecular formula is C17H19NO4. The van der Waals surface area contributed by atoms with Crippen LogP contribution >= 0.6 is 0 Å². The molecule has 0 fully saturated rings. The lowest BCUT2D eigenvalue weighted by molar-refractivity contribution is -0.178. The van der Waals surface area contributed by atoms with E-state index >= 15 is 0 Å². The molecule has 0 unspecified atom stereocenters. The van der Waals surface area contributed by atoms with Crippen LogP contribution < -0.4 is 4.74 Å². The molecular weight excluding hydrogens is 282 g/mol. The van der Waals surface area contributed by atoms with Gasteiger partial charge in [-0.05, 0) is 17.9 Å². The van der Waals surface area contributed by atoms with Crippen LogP contribution in [0, 0.1) is 0 Å². The summed E-state index contributed by atoms with van der Waals surface area (Å²) in [6.45, 7) is 0. The lowest BCUT2D eigenvalue weighted by atomic mass is 10.1. The molecule has 0 N–H and O–H groups in total.